The Hall–Kier alpha value is -1.82. The van der Waals surface area contributed by atoms with Gasteiger partial charge >= 0.3 is 0 Å². The Bertz CT molecular complexity index is 512. The molecule has 0 spiro atoms. The molecule has 3 saturated heterocycles. The highest BCUT2D eigenvalue weighted by atomic mass is 16.6. The first kappa shape index (κ1) is 13.2. The summed E-state index contributed by atoms with van der Waals surface area (Å²) < 4.78 is 0. The minimum Gasteiger partial charge on any atom is -0.298 e. The van der Waals surface area contributed by atoms with Crippen LogP contribution in [-0.4, -0.2) is 46.3 Å². The third kappa shape index (κ3) is 2.31. The number of ketones is 1. The van der Waals surface area contributed by atoms with Crippen molar-refractivity contribution in [1.29, 1.82) is 0 Å². The maximum Gasteiger partial charge on any atom is 0.212 e. The number of carbonyl (C=O) groups excluding carboxylic acids is 1. The first-order valence-electron chi connectivity index (χ1n) is 6.96. The molecule has 2 atom stereocenters. The Balaban J connectivity index is 1.93. The van der Waals surface area contributed by atoms with Gasteiger partial charge in [-0.1, -0.05) is 6.07 Å². The van der Waals surface area contributed by atoms with E-state index in [1.54, 1.807) is 18.5 Å². The van der Waals surface area contributed by atoms with E-state index in [2.05, 4.69) is 9.88 Å². The van der Waals surface area contributed by atoms with Crippen molar-refractivity contribution in [2.24, 2.45) is 5.92 Å². The maximum absolute atomic E-state index is 12.5. The highest BCUT2D eigenvalue weighted by Gasteiger charge is 2.46. The van der Waals surface area contributed by atoms with E-state index < -0.39 is 5.92 Å². The molecular weight excluding hydrogens is 258 g/mol. The van der Waals surface area contributed by atoms with E-state index in [4.69, 9.17) is 0 Å². The molecule has 0 aromatic carbocycles. The number of fused-ring (bicyclic) bond motifs is 3. The number of aromatic nitrogens is 1. The predicted molar refractivity (Wildman–Crippen MR) is 71.9 cm³/mol. The van der Waals surface area contributed by atoms with E-state index in [1.165, 1.54) is 0 Å². The van der Waals surface area contributed by atoms with E-state index >= 15 is 0 Å². The molecule has 2 bridgehead atoms. The van der Waals surface area contributed by atoms with Crippen LogP contribution < -0.4 is 0 Å². The van der Waals surface area contributed by atoms with Crippen LogP contribution in [0, 0.1) is 16.0 Å². The summed E-state index contributed by atoms with van der Waals surface area (Å²) in [6.07, 6.45) is 5.08. The van der Waals surface area contributed by atoms with Gasteiger partial charge in [0.2, 0.25) is 6.54 Å². The van der Waals surface area contributed by atoms with Crippen LogP contribution >= 0.6 is 0 Å². The summed E-state index contributed by atoms with van der Waals surface area (Å²) in [5.74, 6) is -0.122. The summed E-state index contributed by atoms with van der Waals surface area (Å²) in [6.45, 7) is 1.52. The summed E-state index contributed by atoms with van der Waals surface area (Å²) in [5.41, 5.74) is 0.787. The maximum atomic E-state index is 12.5. The summed E-state index contributed by atoms with van der Waals surface area (Å²) in [6, 6.07) is 3.25. The Morgan fingerprint density at radius 2 is 2.20 bits per heavy atom. The average Bonchev–Trinajstić information content (AvgIpc) is 2.47. The number of piperidine rings is 3. The van der Waals surface area contributed by atoms with Crippen molar-refractivity contribution in [3.63, 3.8) is 0 Å². The lowest BCUT2D eigenvalue weighted by Crippen LogP contribution is -2.58. The second-order valence-electron chi connectivity index (χ2n) is 5.57. The van der Waals surface area contributed by atoms with E-state index in [-0.39, 0.29) is 29.2 Å². The molecule has 3 aliphatic heterocycles. The largest absolute Gasteiger partial charge is 0.298 e. The number of nitrogens with zero attached hydrogens (tertiary/aromatic N) is 3. The van der Waals surface area contributed by atoms with Crippen LogP contribution in [0.1, 0.15) is 24.3 Å². The molecule has 0 N–H and O–H groups in total. The van der Waals surface area contributed by atoms with Crippen molar-refractivity contribution < 1.29 is 9.72 Å². The second-order valence-corrected chi connectivity index (χ2v) is 5.57. The summed E-state index contributed by atoms with van der Waals surface area (Å²) in [5, 5.41) is 11.0. The van der Waals surface area contributed by atoms with Crippen LogP contribution in [0.3, 0.4) is 0 Å². The number of rotatable bonds is 4. The Kier molecular flexibility index (Phi) is 3.48. The first-order chi connectivity index (χ1) is 9.66. The number of hydrogen-bond acceptors (Lipinski definition) is 5. The topological polar surface area (TPSA) is 76.3 Å². The molecule has 0 amide bonds. The highest BCUT2D eigenvalue weighted by molar-refractivity contribution is 5.88. The van der Waals surface area contributed by atoms with Crippen LogP contribution in [-0.2, 0) is 4.79 Å². The van der Waals surface area contributed by atoms with Crippen LogP contribution in [0.5, 0.6) is 0 Å². The van der Waals surface area contributed by atoms with Crippen molar-refractivity contribution in [2.75, 3.05) is 19.6 Å². The molecule has 3 fully saturated rings. The first-order valence-corrected chi connectivity index (χ1v) is 6.96. The highest BCUT2D eigenvalue weighted by Crippen LogP contribution is 2.36. The normalized spacial score (nSPS) is 30.2. The van der Waals surface area contributed by atoms with Gasteiger partial charge in [-0.25, -0.2) is 0 Å². The average molecular weight is 275 g/mol. The molecule has 6 nitrogen and oxygen atoms in total. The van der Waals surface area contributed by atoms with Gasteiger partial charge in [-0.2, -0.15) is 0 Å². The molecule has 2 unspecified atom stereocenters. The summed E-state index contributed by atoms with van der Waals surface area (Å²) in [4.78, 5) is 29.3. The lowest BCUT2D eigenvalue weighted by Gasteiger charge is -2.46. The van der Waals surface area contributed by atoms with Gasteiger partial charge in [-0.05, 0) is 37.6 Å². The molecule has 3 aliphatic rings. The van der Waals surface area contributed by atoms with Gasteiger partial charge in [0, 0.05) is 23.2 Å². The zero-order chi connectivity index (χ0) is 14.1. The van der Waals surface area contributed by atoms with Gasteiger partial charge in [-0.3, -0.25) is 24.8 Å². The smallest absolute Gasteiger partial charge is 0.212 e. The van der Waals surface area contributed by atoms with Crippen LogP contribution in [0.2, 0.25) is 0 Å². The molecule has 1 aromatic heterocycles. The van der Waals surface area contributed by atoms with Crippen LogP contribution in [0.4, 0.5) is 0 Å². The fourth-order valence-corrected chi connectivity index (χ4v) is 3.48. The minimum atomic E-state index is -0.394. The lowest BCUT2D eigenvalue weighted by atomic mass is 9.75. The van der Waals surface area contributed by atoms with Gasteiger partial charge in [0.05, 0.1) is 12.0 Å². The SMILES string of the molecule is O=C1C2CCN(CC2)C1C(C[N+](=O)[O-])c1cccnc1. The molecule has 0 radical (unpaired) electrons. The Labute approximate surface area is 116 Å². The molecule has 1 aromatic rings. The van der Waals surface area contributed by atoms with Gasteiger partial charge in [0.25, 0.3) is 0 Å². The van der Waals surface area contributed by atoms with E-state index in [1.807, 2.05) is 6.07 Å². The molecule has 106 valence electrons. The lowest BCUT2D eigenvalue weighted by molar-refractivity contribution is -0.484. The van der Waals surface area contributed by atoms with Gasteiger partial charge < -0.3 is 0 Å². The molecule has 0 saturated carbocycles. The molecule has 4 heterocycles. The number of hydrogen-bond donors (Lipinski definition) is 0. The zero-order valence-corrected chi connectivity index (χ0v) is 11.1. The molecular formula is C14H17N3O3. The summed E-state index contributed by atoms with van der Waals surface area (Å²) >= 11 is 0. The van der Waals surface area contributed by atoms with Crippen molar-refractivity contribution in [1.82, 2.24) is 9.88 Å². The van der Waals surface area contributed by atoms with Gasteiger partial charge in [-0.15, -0.1) is 0 Å². The summed E-state index contributed by atoms with van der Waals surface area (Å²) in [7, 11) is 0. The third-order valence-corrected chi connectivity index (χ3v) is 4.46. The zero-order valence-electron chi connectivity index (χ0n) is 11.1. The van der Waals surface area contributed by atoms with Crippen molar-refractivity contribution >= 4 is 5.78 Å². The number of nitro groups is 1. The number of carbonyl (C=O) groups is 1. The molecule has 0 aliphatic carbocycles. The van der Waals surface area contributed by atoms with E-state index in [0.29, 0.717) is 0 Å². The molecule has 4 rings (SSSR count). The Morgan fingerprint density at radius 1 is 1.45 bits per heavy atom. The number of pyridine rings is 1. The standard InChI is InChI=1S/C14H17N3O3/c18-14-10-3-6-16(7-4-10)13(14)12(9-17(19)20)11-2-1-5-15-8-11/h1-2,5,8,10,12-13H,3-4,6-7,9H2. The minimum absolute atomic E-state index is 0.0934. The fraction of sp³-hybridized carbons (Fsp3) is 0.571. The fourth-order valence-electron chi connectivity index (χ4n) is 3.48. The number of Topliss-reactive ketones (excluding diaryl/α,β-unsaturated/α-hetero) is 1. The quantitative estimate of drug-likeness (QED) is 0.607. The van der Waals surface area contributed by atoms with Crippen LogP contribution in [0.25, 0.3) is 0 Å². The Morgan fingerprint density at radius 3 is 2.75 bits per heavy atom. The molecule has 6 heteroatoms. The van der Waals surface area contributed by atoms with E-state index in [0.717, 1.165) is 31.5 Å². The van der Waals surface area contributed by atoms with Crippen LogP contribution in [0.15, 0.2) is 24.5 Å². The third-order valence-electron chi connectivity index (χ3n) is 4.46. The van der Waals surface area contributed by atoms with Crippen molar-refractivity contribution in [2.45, 2.75) is 24.8 Å². The van der Waals surface area contributed by atoms with Gasteiger partial charge in [0.15, 0.2) is 5.78 Å². The monoisotopic (exact) mass is 275 g/mol. The van der Waals surface area contributed by atoms with E-state index in [9.17, 15) is 14.9 Å². The van der Waals surface area contributed by atoms with Crippen molar-refractivity contribution in [3.8, 4) is 0 Å². The van der Waals surface area contributed by atoms with Crippen molar-refractivity contribution in [3.05, 3.63) is 40.2 Å². The predicted octanol–water partition coefficient (Wildman–Crippen LogP) is 1.11. The second kappa shape index (κ2) is 5.28. The van der Waals surface area contributed by atoms with Gasteiger partial charge in [0.1, 0.15) is 0 Å². The molecule has 20 heavy (non-hydrogen) atoms.